The highest BCUT2D eigenvalue weighted by Crippen LogP contribution is 2.40. The smallest absolute Gasteiger partial charge is 0.233 e. The molecule has 27 heavy (non-hydrogen) atoms. The second-order valence-corrected chi connectivity index (χ2v) is 9.35. The van der Waals surface area contributed by atoms with Gasteiger partial charge in [0.2, 0.25) is 5.91 Å². The Morgan fingerprint density at radius 2 is 2.00 bits per heavy atom. The second kappa shape index (κ2) is 8.15. The fraction of sp³-hybridized carbons (Fsp3) is 0.409. The Morgan fingerprint density at radius 1 is 1.30 bits per heavy atom. The summed E-state index contributed by atoms with van der Waals surface area (Å²) in [6, 6.07) is 13.7. The Balaban J connectivity index is 1.77. The topological polar surface area (TPSA) is 38.3 Å². The van der Waals surface area contributed by atoms with Crippen LogP contribution in [0.4, 0.5) is 0 Å². The van der Waals surface area contributed by atoms with Crippen molar-refractivity contribution in [2.45, 2.75) is 62.3 Å². The normalized spacial score (nSPS) is 18.9. The van der Waals surface area contributed by atoms with Crippen molar-refractivity contribution in [2.75, 3.05) is 0 Å². The van der Waals surface area contributed by atoms with E-state index in [0.717, 1.165) is 29.1 Å². The first-order valence-electron chi connectivity index (χ1n) is 9.29. The molecule has 0 saturated heterocycles. The van der Waals surface area contributed by atoms with Crippen LogP contribution in [0.2, 0.25) is 5.02 Å². The molecule has 1 N–H and O–H groups in total. The number of rotatable bonds is 5. The molecule has 5 heteroatoms. The van der Waals surface area contributed by atoms with E-state index in [1.54, 1.807) is 11.8 Å². The minimum atomic E-state index is -0.314. The second-order valence-electron chi connectivity index (χ2n) is 7.64. The van der Waals surface area contributed by atoms with Gasteiger partial charge in [0.05, 0.1) is 11.3 Å². The van der Waals surface area contributed by atoms with Gasteiger partial charge >= 0.3 is 0 Å². The molecular formula is C22H26ClNO2S. The van der Waals surface area contributed by atoms with Crippen molar-refractivity contribution in [1.82, 2.24) is 5.32 Å². The molecule has 0 bridgehead atoms. The molecule has 1 amide bonds. The van der Waals surface area contributed by atoms with Crippen LogP contribution in [0.15, 0.2) is 47.4 Å². The fourth-order valence-electron chi connectivity index (χ4n) is 3.37. The van der Waals surface area contributed by atoms with Crippen molar-refractivity contribution in [3.8, 4) is 5.75 Å². The Bertz CT molecular complexity index is 820. The van der Waals surface area contributed by atoms with Crippen LogP contribution in [-0.4, -0.2) is 16.8 Å². The van der Waals surface area contributed by atoms with E-state index in [4.69, 9.17) is 16.3 Å². The van der Waals surface area contributed by atoms with Crippen LogP contribution in [-0.2, 0) is 4.79 Å². The zero-order valence-electron chi connectivity index (χ0n) is 16.2. The van der Waals surface area contributed by atoms with Gasteiger partial charge in [0.1, 0.15) is 11.4 Å². The molecule has 1 heterocycles. The van der Waals surface area contributed by atoms with Gasteiger partial charge in [-0.15, -0.1) is 11.8 Å². The summed E-state index contributed by atoms with van der Waals surface area (Å²) in [6.07, 6.45) is 1.50. The van der Waals surface area contributed by atoms with Gasteiger partial charge in [-0.3, -0.25) is 4.79 Å². The molecule has 2 aromatic rings. The minimum absolute atomic E-state index is 0.0454. The van der Waals surface area contributed by atoms with Gasteiger partial charge in [-0.05, 0) is 57.5 Å². The maximum atomic E-state index is 13.0. The Hall–Kier alpha value is -1.65. The quantitative estimate of drug-likeness (QED) is 0.628. The Morgan fingerprint density at radius 3 is 2.67 bits per heavy atom. The standard InChI is InChI=1S/C22H26ClNO2S/c1-5-20(27-16-9-7-15(23)8-10-16)21(25)24-18-13-22(3,4)26-19-11-6-14(2)12-17(18)19/h6-12,18,20H,5,13H2,1-4H3,(H,24,25). The summed E-state index contributed by atoms with van der Waals surface area (Å²) >= 11 is 7.54. The molecule has 0 spiro atoms. The van der Waals surface area contributed by atoms with Crippen molar-refractivity contribution in [3.63, 3.8) is 0 Å². The molecule has 3 rings (SSSR count). The number of hydrogen-bond donors (Lipinski definition) is 1. The lowest BCUT2D eigenvalue weighted by molar-refractivity contribution is -0.121. The van der Waals surface area contributed by atoms with Crippen molar-refractivity contribution in [2.24, 2.45) is 0 Å². The average Bonchev–Trinajstić information content (AvgIpc) is 2.61. The van der Waals surface area contributed by atoms with Crippen LogP contribution < -0.4 is 10.1 Å². The van der Waals surface area contributed by atoms with E-state index >= 15 is 0 Å². The number of nitrogens with one attached hydrogen (secondary N) is 1. The lowest BCUT2D eigenvalue weighted by Gasteiger charge is -2.38. The number of thioether (sulfide) groups is 1. The first-order valence-corrected chi connectivity index (χ1v) is 10.6. The third-order valence-electron chi connectivity index (χ3n) is 4.69. The number of carbonyl (C=O) groups is 1. The number of halogens is 1. The maximum Gasteiger partial charge on any atom is 0.233 e. The molecule has 0 aromatic heterocycles. The van der Waals surface area contributed by atoms with Gasteiger partial charge in [-0.25, -0.2) is 0 Å². The summed E-state index contributed by atoms with van der Waals surface area (Å²) in [5.41, 5.74) is 1.92. The lowest BCUT2D eigenvalue weighted by Crippen LogP contribution is -2.43. The third kappa shape index (κ3) is 4.99. The van der Waals surface area contributed by atoms with Crippen molar-refractivity contribution in [1.29, 1.82) is 0 Å². The van der Waals surface area contributed by atoms with Crippen LogP contribution in [0, 0.1) is 6.92 Å². The van der Waals surface area contributed by atoms with E-state index < -0.39 is 0 Å². The monoisotopic (exact) mass is 403 g/mol. The summed E-state index contributed by atoms with van der Waals surface area (Å²) in [6.45, 7) is 8.23. The molecule has 0 saturated carbocycles. The van der Waals surface area contributed by atoms with E-state index in [-0.39, 0.29) is 22.8 Å². The van der Waals surface area contributed by atoms with E-state index in [1.165, 1.54) is 5.56 Å². The van der Waals surface area contributed by atoms with Crippen molar-refractivity contribution < 1.29 is 9.53 Å². The molecule has 0 fully saturated rings. The first-order chi connectivity index (χ1) is 12.8. The molecule has 0 aliphatic carbocycles. The number of carbonyl (C=O) groups excluding carboxylic acids is 1. The molecule has 2 atom stereocenters. The molecular weight excluding hydrogens is 378 g/mol. The van der Waals surface area contributed by atoms with Crippen molar-refractivity contribution >= 4 is 29.3 Å². The Labute approximate surface area is 170 Å². The third-order valence-corrected chi connectivity index (χ3v) is 6.32. The van der Waals surface area contributed by atoms with Crippen LogP contribution in [0.1, 0.15) is 50.8 Å². The first kappa shape index (κ1) is 20.1. The number of ether oxygens (including phenoxy) is 1. The number of fused-ring (bicyclic) bond motifs is 1. The van der Waals surface area contributed by atoms with Crippen LogP contribution in [0.25, 0.3) is 0 Å². The summed E-state index contributed by atoms with van der Waals surface area (Å²) in [4.78, 5) is 14.1. The highest BCUT2D eigenvalue weighted by Gasteiger charge is 2.35. The molecule has 2 unspecified atom stereocenters. The summed E-state index contributed by atoms with van der Waals surface area (Å²) in [5.74, 6) is 0.924. The lowest BCUT2D eigenvalue weighted by atomic mass is 9.89. The molecule has 0 radical (unpaired) electrons. The van der Waals surface area contributed by atoms with Crippen LogP contribution in [0.3, 0.4) is 0 Å². The summed E-state index contributed by atoms with van der Waals surface area (Å²) in [5, 5.41) is 3.83. The van der Waals surface area contributed by atoms with E-state index in [9.17, 15) is 4.79 Å². The maximum absolute atomic E-state index is 13.0. The fourth-order valence-corrected chi connectivity index (χ4v) is 4.46. The van der Waals surface area contributed by atoms with Crippen molar-refractivity contribution in [3.05, 3.63) is 58.6 Å². The highest BCUT2D eigenvalue weighted by molar-refractivity contribution is 8.00. The van der Waals surface area contributed by atoms with Gasteiger partial charge in [0.15, 0.2) is 0 Å². The van der Waals surface area contributed by atoms with Gasteiger partial charge in [-0.1, -0.05) is 36.2 Å². The number of benzene rings is 2. The number of amides is 1. The largest absolute Gasteiger partial charge is 0.487 e. The molecule has 144 valence electrons. The summed E-state index contributed by atoms with van der Waals surface area (Å²) < 4.78 is 6.11. The number of hydrogen-bond acceptors (Lipinski definition) is 3. The SMILES string of the molecule is CCC(Sc1ccc(Cl)cc1)C(=O)NC1CC(C)(C)Oc2ccc(C)cc21. The van der Waals surface area contributed by atoms with Gasteiger partial charge in [-0.2, -0.15) is 0 Å². The highest BCUT2D eigenvalue weighted by atomic mass is 35.5. The zero-order valence-corrected chi connectivity index (χ0v) is 17.8. The van der Waals surface area contributed by atoms with Gasteiger partial charge in [0, 0.05) is 21.9 Å². The van der Waals surface area contributed by atoms with E-state index in [0.29, 0.717) is 5.02 Å². The van der Waals surface area contributed by atoms with Gasteiger partial charge < -0.3 is 10.1 Å². The average molecular weight is 404 g/mol. The predicted octanol–water partition coefficient (Wildman–Crippen LogP) is 5.94. The summed E-state index contributed by atoms with van der Waals surface area (Å²) in [7, 11) is 0. The molecule has 1 aliphatic rings. The van der Waals surface area contributed by atoms with Crippen LogP contribution >= 0.6 is 23.4 Å². The zero-order chi connectivity index (χ0) is 19.6. The van der Waals surface area contributed by atoms with E-state index in [2.05, 4.69) is 32.2 Å². The number of aryl methyl sites for hydroxylation is 1. The molecule has 2 aromatic carbocycles. The molecule has 1 aliphatic heterocycles. The Kier molecular flexibility index (Phi) is 6.07. The van der Waals surface area contributed by atoms with Gasteiger partial charge in [0.25, 0.3) is 0 Å². The van der Waals surface area contributed by atoms with Crippen LogP contribution in [0.5, 0.6) is 5.75 Å². The molecule has 3 nitrogen and oxygen atoms in total. The predicted molar refractivity (Wildman–Crippen MR) is 113 cm³/mol. The minimum Gasteiger partial charge on any atom is -0.487 e. The van der Waals surface area contributed by atoms with E-state index in [1.807, 2.05) is 43.3 Å².